The number of thiophene rings is 1. The molecule has 2 aromatic heterocycles. The molecule has 0 unspecified atom stereocenters. The van der Waals surface area contributed by atoms with Crippen molar-refractivity contribution in [2.45, 2.75) is 37.8 Å². The van der Waals surface area contributed by atoms with Gasteiger partial charge in [-0.15, -0.1) is 21.5 Å². The van der Waals surface area contributed by atoms with Crippen molar-refractivity contribution in [3.05, 3.63) is 44.6 Å². The van der Waals surface area contributed by atoms with Gasteiger partial charge in [-0.3, -0.25) is 4.79 Å². The fourth-order valence-electron chi connectivity index (χ4n) is 3.40. The molecular formula is C20H21ClN4OS2. The number of amides is 1. The van der Waals surface area contributed by atoms with Crippen LogP contribution in [0.2, 0.25) is 5.02 Å². The number of nitrogens with one attached hydrogen (secondary N) is 1. The molecule has 0 spiro atoms. The number of nitrogens with zero attached hydrogens (tertiary/aromatic N) is 3. The number of thioether (sulfide) groups is 1. The molecule has 2 heterocycles. The first-order valence-corrected chi connectivity index (χ1v) is 11.4. The Hall–Kier alpha value is -1.83. The predicted molar refractivity (Wildman–Crippen MR) is 117 cm³/mol. The Morgan fingerprint density at radius 1 is 1.32 bits per heavy atom. The largest absolute Gasteiger partial charge is 0.325 e. The first-order valence-electron chi connectivity index (χ1n) is 9.20. The van der Waals surface area contributed by atoms with Crippen molar-refractivity contribution in [1.29, 1.82) is 0 Å². The fraction of sp³-hybridized carbons (Fsp3) is 0.350. The number of halogens is 1. The molecule has 8 heteroatoms. The Morgan fingerprint density at radius 3 is 3.00 bits per heavy atom. The number of fused-ring (bicyclic) bond motifs is 1. The molecule has 28 heavy (non-hydrogen) atoms. The number of rotatable bonds is 5. The van der Waals surface area contributed by atoms with Gasteiger partial charge in [0.15, 0.2) is 11.0 Å². The van der Waals surface area contributed by atoms with Gasteiger partial charge in [0.05, 0.1) is 5.75 Å². The van der Waals surface area contributed by atoms with Crippen molar-refractivity contribution < 1.29 is 4.79 Å². The maximum atomic E-state index is 12.4. The number of hydrogen-bond acceptors (Lipinski definition) is 5. The number of anilines is 1. The highest BCUT2D eigenvalue weighted by atomic mass is 35.5. The highest BCUT2D eigenvalue weighted by molar-refractivity contribution is 7.99. The summed E-state index contributed by atoms with van der Waals surface area (Å²) in [5.74, 6) is 1.06. The van der Waals surface area contributed by atoms with Crippen molar-refractivity contribution in [3.63, 3.8) is 0 Å². The molecule has 1 aliphatic carbocycles. The zero-order valence-electron chi connectivity index (χ0n) is 15.8. The van der Waals surface area contributed by atoms with Crippen LogP contribution in [0.1, 0.15) is 28.8 Å². The fourth-order valence-corrected chi connectivity index (χ4v) is 5.41. The summed E-state index contributed by atoms with van der Waals surface area (Å²) in [7, 11) is 1.96. The zero-order valence-corrected chi connectivity index (χ0v) is 18.2. The Kier molecular flexibility index (Phi) is 5.75. The van der Waals surface area contributed by atoms with Gasteiger partial charge in [0.2, 0.25) is 5.91 Å². The number of hydrogen-bond donors (Lipinski definition) is 1. The highest BCUT2D eigenvalue weighted by Gasteiger charge is 2.21. The molecule has 5 nitrogen and oxygen atoms in total. The van der Waals surface area contributed by atoms with Gasteiger partial charge in [0.1, 0.15) is 0 Å². The summed E-state index contributed by atoms with van der Waals surface area (Å²) in [5, 5.41) is 15.2. The Bertz CT molecular complexity index is 1030. The van der Waals surface area contributed by atoms with Crippen LogP contribution >= 0.6 is 34.7 Å². The molecular weight excluding hydrogens is 412 g/mol. The number of benzene rings is 1. The molecule has 1 aromatic carbocycles. The first kappa shape index (κ1) is 19.5. The van der Waals surface area contributed by atoms with Crippen LogP contribution in [0, 0.1) is 6.92 Å². The lowest BCUT2D eigenvalue weighted by Crippen LogP contribution is -2.15. The standard InChI is InChI=1S/C20H21ClN4OS2/c1-12-7-8-13(21)9-16(12)22-18(26)11-28-20-24-23-19(25(20)2)15-10-27-17-6-4-3-5-14(15)17/h7-10H,3-6,11H2,1-2H3,(H,22,26). The van der Waals surface area contributed by atoms with Crippen molar-refractivity contribution >= 4 is 46.3 Å². The molecule has 4 rings (SSSR count). The molecule has 0 bridgehead atoms. The average Bonchev–Trinajstić information content (AvgIpc) is 3.26. The van der Waals surface area contributed by atoms with Gasteiger partial charge in [0, 0.05) is 33.6 Å². The maximum absolute atomic E-state index is 12.4. The molecule has 1 amide bonds. The lowest BCUT2D eigenvalue weighted by atomic mass is 9.96. The van der Waals surface area contributed by atoms with Gasteiger partial charge in [-0.25, -0.2) is 0 Å². The van der Waals surface area contributed by atoms with Crippen LogP contribution in [-0.2, 0) is 24.7 Å². The third-order valence-electron chi connectivity index (χ3n) is 4.94. The summed E-state index contributed by atoms with van der Waals surface area (Å²) in [6.07, 6.45) is 4.79. The van der Waals surface area contributed by atoms with Gasteiger partial charge in [0.25, 0.3) is 0 Å². The molecule has 1 aliphatic rings. The van der Waals surface area contributed by atoms with Crippen LogP contribution in [0.3, 0.4) is 0 Å². The number of aryl methyl sites for hydroxylation is 2. The Labute approximate surface area is 177 Å². The van der Waals surface area contributed by atoms with E-state index in [4.69, 9.17) is 11.6 Å². The summed E-state index contributed by atoms with van der Waals surface area (Å²) >= 11 is 9.23. The van der Waals surface area contributed by atoms with E-state index in [0.29, 0.717) is 5.02 Å². The molecule has 146 valence electrons. The van der Waals surface area contributed by atoms with E-state index in [0.717, 1.165) is 28.7 Å². The van der Waals surface area contributed by atoms with E-state index in [2.05, 4.69) is 20.9 Å². The van der Waals surface area contributed by atoms with Crippen LogP contribution < -0.4 is 5.32 Å². The van der Waals surface area contributed by atoms with Gasteiger partial charge in [-0.1, -0.05) is 29.4 Å². The van der Waals surface area contributed by atoms with E-state index in [1.54, 1.807) is 6.07 Å². The molecule has 0 saturated carbocycles. The van der Waals surface area contributed by atoms with Crippen molar-refractivity contribution in [1.82, 2.24) is 14.8 Å². The molecule has 0 aliphatic heterocycles. The molecule has 0 atom stereocenters. The van der Waals surface area contributed by atoms with Crippen LogP contribution in [0.5, 0.6) is 0 Å². The number of carbonyl (C=O) groups excluding carboxylic acids is 1. The van der Waals surface area contributed by atoms with Crippen molar-refractivity contribution in [3.8, 4) is 11.4 Å². The molecule has 3 aromatic rings. The zero-order chi connectivity index (χ0) is 19.7. The minimum Gasteiger partial charge on any atom is -0.325 e. The highest BCUT2D eigenvalue weighted by Crippen LogP contribution is 2.36. The molecule has 1 N–H and O–H groups in total. The van der Waals surface area contributed by atoms with Gasteiger partial charge < -0.3 is 9.88 Å². The first-order chi connectivity index (χ1) is 13.5. The maximum Gasteiger partial charge on any atom is 0.234 e. The van der Waals surface area contributed by atoms with E-state index in [-0.39, 0.29) is 11.7 Å². The number of aromatic nitrogens is 3. The normalized spacial score (nSPS) is 13.4. The van der Waals surface area contributed by atoms with E-state index >= 15 is 0 Å². The van der Waals surface area contributed by atoms with E-state index in [1.165, 1.54) is 47.0 Å². The predicted octanol–water partition coefficient (Wildman–Crippen LogP) is 5.12. The third kappa shape index (κ3) is 3.97. The van der Waals surface area contributed by atoms with E-state index in [9.17, 15) is 4.79 Å². The van der Waals surface area contributed by atoms with Crippen molar-refractivity contribution in [2.75, 3.05) is 11.1 Å². The minimum absolute atomic E-state index is 0.0900. The van der Waals surface area contributed by atoms with Crippen LogP contribution in [0.25, 0.3) is 11.4 Å². The Balaban J connectivity index is 1.44. The molecule has 0 radical (unpaired) electrons. The second-order valence-corrected chi connectivity index (χ2v) is 9.26. The summed E-state index contributed by atoms with van der Waals surface area (Å²) in [5.41, 5.74) is 4.34. The van der Waals surface area contributed by atoms with Crippen LogP contribution in [-0.4, -0.2) is 26.4 Å². The van der Waals surface area contributed by atoms with E-state index in [1.807, 2.05) is 42.0 Å². The van der Waals surface area contributed by atoms with Gasteiger partial charge in [-0.05, 0) is 55.9 Å². The quantitative estimate of drug-likeness (QED) is 0.569. The van der Waals surface area contributed by atoms with E-state index < -0.39 is 0 Å². The summed E-state index contributed by atoms with van der Waals surface area (Å²) in [6.45, 7) is 1.94. The Morgan fingerprint density at radius 2 is 2.14 bits per heavy atom. The SMILES string of the molecule is Cc1ccc(Cl)cc1NC(=O)CSc1nnc(-c2csc3c2CCCC3)n1C. The lowest BCUT2D eigenvalue weighted by molar-refractivity contribution is -0.113. The second-order valence-electron chi connectivity index (χ2n) is 6.92. The summed E-state index contributed by atoms with van der Waals surface area (Å²) < 4.78 is 1.99. The van der Waals surface area contributed by atoms with Crippen LogP contribution in [0.4, 0.5) is 5.69 Å². The van der Waals surface area contributed by atoms with Gasteiger partial charge >= 0.3 is 0 Å². The third-order valence-corrected chi connectivity index (χ3v) is 7.29. The smallest absolute Gasteiger partial charge is 0.234 e. The molecule has 0 fully saturated rings. The molecule has 0 saturated heterocycles. The van der Waals surface area contributed by atoms with Crippen molar-refractivity contribution in [2.24, 2.45) is 7.05 Å². The topological polar surface area (TPSA) is 59.8 Å². The summed E-state index contributed by atoms with van der Waals surface area (Å²) in [4.78, 5) is 13.8. The monoisotopic (exact) mass is 432 g/mol. The second kappa shape index (κ2) is 8.27. The number of carbonyl (C=O) groups is 1. The average molecular weight is 433 g/mol. The lowest BCUT2D eigenvalue weighted by Gasteiger charge is -2.12. The van der Waals surface area contributed by atoms with Crippen LogP contribution in [0.15, 0.2) is 28.7 Å². The van der Waals surface area contributed by atoms with Gasteiger partial charge in [-0.2, -0.15) is 0 Å². The minimum atomic E-state index is -0.0900. The summed E-state index contributed by atoms with van der Waals surface area (Å²) in [6, 6.07) is 5.47.